The molecule has 0 bridgehead atoms. The molecular weight excluding hydrogens is 1710 g/mol. The number of aliphatic carboxylic acids is 2. The van der Waals surface area contributed by atoms with Crippen LogP contribution in [0.1, 0.15) is 156 Å². The summed E-state index contributed by atoms with van der Waals surface area (Å²) >= 11 is 5.61. The molecule has 130 heavy (non-hydrogen) atoms. The number of aromatic carboxylic acids is 1. The molecule has 0 fully saturated rings. The first-order valence-electron chi connectivity index (χ1n) is 44.8. The smallest absolute Gasteiger partial charge is 0.336 e. The molecule has 0 saturated carbocycles. The normalized spacial score (nSPS) is 12.1. The topological polar surface area (TPSA) is 462 Å². The van der Waals surface area contributed by atoms with E-state index in [0.717, 1.165) is 53.7 Å². The fourth-order valence-electron chi connectivity index (χ4n) is 13.2. The molecule has 1 aliphatic heterocycles. The van der Waals surface area contributed by atoms with E-state index >= 15 is 0 Å². The Morgan fingerprint density at radius 1 is 0.454 bits per heavy atom. The molecule has 4 aromatic carbocycles. The molecule has 1 heterocycles. The number of benzene rings is 5. The van der Waals surface area contributed by atoms with E-state index in [1.807, 2.05) is 80.6 Å². The van der Waals surface area contributed by atoms with Crippen LogP contribution < -0.4 is 32.0 Å². The Hall–Kier alpha value is -10.1. The van der Waals surface area contributed by atoms with E-state index in [1.165, 1.54) is 24.3 Å². The average Bonchev–Trinajstić information content (AvgIpc) is 0.747. The van der Waals surface area contributed by atoms with Crippen molar-refractivity contribution in [2.75, 3.05) is 172 Å². The van der Waals surface area contributed by atoms with Crippen LogP contribution in [0.25, 0.3) is 33.4 Å². The maximum atomic E-state index is 14.1. The molecule has 5 amide bonds. The number of carbonyl (C=O) groups is 10. The first kappa shape index (κ1) is 110. The minimum atomic E-state index is -1.40. The maximum absolute atomic E-state index is 14.1. The van der Waals surface area contributed by atoms with Gasteiger partial charge >= 0.3 is 23.9 Å². The molecule has 34 nitrogen and oxygen atoms in total. The van der Waals surface area contributed by atoms with Crippen LogP contribution in [0.15, 0.2) is 124 Å². The van der Waals surface area contributed by atoms with Gasteiger partial charge in [-0.2, -0.15) is 0 Å². The summed E-state index contributed by atoms with van der Waals surface area (Å²) in [7, 11) is 0. The molecule has 0 unspecified atom stereocenters. The average molecular weight is 1840 g/mol. The standard InChI is InChI=1S/C53H80N4O16.C42H53NO13S/c1-2-68-29-30-70-33-34-72-36-35-71-32-31-69-28-16-15-27-54-51(64)43(37-41-17-9-7-10-18-41)39-47(60)46(38-42-19-11-8-12-20-42)55-48(61)22-14-6-4-3-5-13-21-44(59)23-24-45(52(65)66)56-53(67)57-49(73-40-58)25-26-50(62)63;1-2-49-14-15-51-18-19-53-22-23-55-25-24-54-21-20-52-17-16-50-13-11-40(46)43-12-3-4-33(57)26-30-5-8-34(37(27-30)42(47)48)41-35-9-6-31(44)28-38(35)56-39-29-32(45)7-10-36(39)41/h7-12,17-20,40,43,45-46,49H,2-6,13-16,21-39H2,1H3,(H,54,64)(H,55,61)(H,62,63)(H,65,66)(H2,56,57,67);5-10,27-29,44H,2-4,11-26H2,1H3,(H,43,46)(H,47,48)/t43-,45+,46+,49-;/m1./s1. The van der Waals surface area contributed by atoms with Crippen molar-refractivity contribution in [3.63, 3.8) is 0 Å². The van der Waals surface area contributed by atoms with E-state index in [-0.39, 0.29) is 116 Å². The molecule has 0 spiro atoms. The van der Waals surface area contributed by atoms with Gasteiger partial charge < -0.3 is 113 Å². The summed E-state index contributed by atoms with van der Waals surface area (Å²) < 4.78 is 75.8. The number of nitrogens with one attached hydrogen (secondary N) is 5. The third kappa shape index (κ3) is 50.3. The number of aromatic hydroxyl groups is 1. The van der Waals surface area contributed by atoms with E-state index in [4.69, 9.17) is 78.6 Å². The van der Waals surface area contributed by atoms with Crippen molar-refractivity contribution in [3.8, 4) is 28.2 Å². The van der Waals surface area contributed by atoms with Crippen molar-refractivity contribution in [1.82, 2.24) is 26.6 Å². The first-order chi connectivity index (χ1) is 63.2. The highest BCUT2D eigenvalue weighted by molar-refractivity contribution is 7.80. The van der Waals surface area contributed by atoms with Gasteiger partial charge in [0.1, 0.15) is 28.9 Å². The lowest BCUT2D eigenvalue weighted by Crippen LogP contribution is -2.49. The molecule has 718 valence electrons. The molecular formula is C95H133N5O29S. The second kappa shape index (κ2) is 69.8. The lowest BCUT2D eigenvalue weighted by Gasteiger charge is -2.22. The molecule has 0 saturated heterocycles. The minimum Gasteiger partial charge on any atom is -0.508 e. The number of carbonyl (C=O) groups excluding carboxylic acids is 7. The van der Waals surface area contributed by atoms with Crippen LogP contribution in [-0.4, -0.2) is 275 Å². The lowest BCUT2D eigenvalue weighted by atomic mass is 9.89. The van der Waals surface area contributed by atoms with Crippen LogP contribution in [0.4, 0.5) is 4.79 Å². The van der Waals surface area contributed by atoms with Gasteiger partial charge in [0.25, 0.3) is 6.47 Å². The Balaban J connectivity index is 0.000000474. The van der Waals surface area contributed by atoms with Crippen molar-refractivity contribution in [1.29, 1.82) is 0 Å². The van der Waals surface area contributed by atoms with Gasteiger partial charge in [0.15, 0.2) is 17.4 Å². The van der Waals surface area contributed by atoms with E-state index in [2.05, 4.69) is 31.3 Å². The molecule has 2 aliphatic rings. The van der Waals surface area contributed by atoms with Crippen LogP contribution in [0, 0.1) is 5.92 Å². The van der Waals surface area contributed by atoms with Crippen LogP contribution in [0.5, 0.6) is 5.75 Å². The van der Waals surface area contributed by atoms with Gasteiger partial charge in [0, 0.05) is 112 Å². The van der Waals surface area contributed by atoms with Crippen LogP contribution in [0.2, 0.25) is 0 Å². The number of unbranched alkanes of at least 4 members (excludes halogenated alkanes) is 6. The number of hydrogen-bond acceptors (Lipinski definition) is 27. The largest absolute Gasteiger partial charge is 0.508 e. The Morgan fingerprint density at radius 2 is 0.977 bits per heavy atom. The van der Waals surface area contributed by atoms with Crippen molar-refractivity contribution >= 4 is 87.8 Å². The zero-order valence-electron chi connectivity index (χ0n) is 75.0. The fraction of sp³-hybridized carbons (Fsp3) is 0.558. The van der Waals surface area contributed by atoms with E-state index in [1.54, 1.807) is 24.3 Å². The number of carboxylic acid groups (broad SMARTS) is 3. The summed E-state index contributed by atoms with van der Waals surface area (Å²) in [6, 6.07) is 29.9. The highest BCUT2D eigenvalue weighted by Crippen LogP contribution is 2.42. The zero-order chi connectivity index (χ0) is 93.8. The van der Waals surface area contributed by atoms with Crippen LogP contribution in [-0.2, 0) is 119 Å². The number of carboxylic acids is 3. The number of urea groups is 1. The maximum Gasteiger partial charge on any atom is 0.336 e. The highest BCUT2D eigenvalue weighted by atomic mass is 32.1. The Bertz CT molecular complexity index is 4270. The number of amides is 5. The third-order valence-corrected chi connectivity index (χ3v) is 20.3. The molecule has 1 aliphatic carbocycles. The van der Waals surface area contributed by atoms with Crippen LogP contribution in [0.3, 0.4) is 0 Å². The molecule has 0 aromatic heterocycles. The Labute approximate surface area is 765 Å². The number of ketones is 2. The van der Waals surface area contributed by atoms with Crippen molar-refractivity contribution in [2.24, 2.45) is 5.92 Å². The monoisotopic (exact) mass is 1840 g/mol. The second-order valence-corrected chi connectivity index (χ2v) is 30.7. The number of rotatable bonds is 77. The van der Waals surface area contributed by atoms with Gasteiger partial charge in [-0.1, -0.05) is 111 Å². The van der Waals surface area contributed by atoms with Crippen molar-refractivity contribution in [3.05, 3.63) is 148 Å². The minimum absolute atomic E-state index is 0.0227. The Morgan fingerprint density at radius 3 is 1.52 bits per heavy atom. The van der Waals surface area contributed by atoms with Gasteiger partial charge in [-0.05, 0) is 129 Å². The second-order valence-electron chi connectivity index (χ2n) is 30.2. The summed E-state index contributed by atoms with van der Waals surface area (Å²) in [6.45, 7) is 16.7. The van der Waals surface area contributed by atoms with Gasteiger partial charge in [-0.15, -0.1) is 0 Å². The number of phenolic OH excluding ortho intramolecular Hbond substituents is 1. The first-order valence-corrected chi connectivity index (χ1v) is 45.2. The van der Waals surface area contributed by atoms with Gasteiger partial charge in [-0.3, -0.25) is 38.4 Å². The predicted molar refractivity (Wildman–Crippen MR) is 487 cm³/mol. The summed E-state index contributed by atoms with van der Waals surface area (Å²) in [6.07, 6.45) is 6.44. The Kier molecular flexibility index (Phi) is 59.2. The van der Waals surface area contributed by atoms with Crippen molar-refractivity contribution < 1.29 is 134 Å². The third-order valence-electron chi connectivity index (χ3n) is 19.9. The van der Waals surface area contributed by atoms with E-state index in [0.29, 0.717) is 238 Å². The number of ether oxygens (including phenoxy) is 13. The summed E-state index contributed by atoms with van der Waals surface area (Å²) in [5.74, 6) is -5.04. The molecule has 35 heteroatoms. The molecule has 0 radical (unpaired) electrons. The number of hydrogen-bond donors (Lipinski definition) is 9. The van der Waals surface area contributed by atoms with E-state index in [9.17, 15) is 68.1 Å². The molecule has 6 rings (SSSR count). The summed E-state index contributed by atoms with van der Waals surface area (Å²) in [5.41, 5.74) is 4.27. The predicted octanol–water partition coefficient (Wildman–Crippen LogP) is 10.4. The summed E-state index contributed by atoms with van der Waals surface area (Å²) in [5, 5.41) is 52.5. The van der Waals surface area contributed by atoms with Gasteiger partial charge in [0.05, 0.1) is 157 Å². The van der Waals surface area contributed by atoms with Gasteiger partial charge in [0.2, 0.25) is 17.7 Å². The zero-order valence-corrected chi connectivity index (χ0v) is 75.8. The molecule has 4 aromatic rings. The quantitative estimate of drug-likeness (QED) is 0.00563. The SMILES string of the molecule is CCOCCOCCOCCOCCOCCCCNC(=O)[C@@H](CC(=O)[C@H](Cc1ccccc1)NC(=O)CCCCCCCCC(=O)CC[C@H](NC(=O)N[C@@H](CCC(=O)O)OC=O)C(=O)O)Cc1ccccc1.CCOCCOCCOCCOCCOCCOCCOCCC(=O)NCCCC(=S)Cc1ccc(-c2c3ccc(=O)cc-3oc3cc(O)ccc23)c(C(=O)O)c1. The molecule has 4 atom stereocenters. The fourth-order valence-corrected chi connectivity index (χ4v) is 13.6. The highest BCUT2D eigenvalue weighted by Gasteiger charge is 2.30. The molecule has 9 N–H and O–H groups in total. The number of thiocarbonyl (C=S) groups is 1. The van der Waals surface area contributed by atoms with Crippen LogP contribution >= 0.6 is 12.2 Å². The van der Waals surface area contributed by atoms with Crippen molar-refractivity contribution in [2.45, 2.75) is 167 Å². The number of Topliss-reactive ketones (excluding diaryl/α,β-unsaturated/α-hetero) is 2. The van der Waals surface area contributed by atoms with Gasteiger partial charge in [-0.25, -0.2) is 14.4 Å². The summed E-state index contributed by atoms with van der Waals surface area (Å²) in [4.78, 5) is 137. The number of phenols is 1. The van der Waals surface area contributed by atoms with E-state index < -0.39 is 54.6 Å². The lowest BCUT2D eigenvalue weighted by molar-refractivity contribution is -0.141. The number of fused-ring (bicyclic) bond motifs is 2.